The molecule has 0 fully saturated rings. The first-order valence-electron chi connectivity index (χ1n) is 26.4. The summed E-state index contributed by atoms with van der Waals surface area (Å²) in [6.07, 6.45) is -2.43. The average molecular weight is 1180 g/mol. The third kappa shape index (κ3) is 17.4. The van der Waals surface area contributed by atoms with E-state index >= 15 is 12.6 Å². The first kappa shape index (κ1) is 62.4. The molecule has 24 nitrogen and oxygen atoms in total. The van der Waals surface area contributed by atoms with Crippen LogP contribution in [0.3, 0.4) is 0 Å². The van der Waals surface area contributed by atoms with E-state index in [1.807, 2.05) is 6.07 Å². The molecule has 3 amide bonds. The minimum absolute atomic E-state index is 0.0802. The number of para-hydroxylation sites is 1. The Bertz CT molecular complexity index is 3430. The number of aromatic amines is 1. The number of ether oxygens (including phenoxy) is 6. The van der Waals surface area contributed by atoms with Crippen molar-refractivity contribution in [2.75, 3.05) is 34.4 Å². The van der Waals surface area contributed by atoms with Crippen LogP contribution in [0.15, 0.2) is 122 Å². The minimum Gasteiger partial charge on any atom is -0.497 e. The number of hydrogen-bond acceptors (Lipinski definition) is 18. The van der Waals surface area contributed by atoms with Crippen molar-refractivity contribution < 1.29 is 59.6 Å². The monoisotopic (exact) mass is 1180 g/mol. The van der Waals surface area contributed by atoms with Crippen LogP contribution in [-0.2, 0) is 65.1 Å². The van der Waals surface area contributed by atoms with Gasteiger partial charge in [0.1, 0.15) is 50.5 Å². The molecule has 1 aromatic heterocycles. The maximum Gasteiger partial charge on any atom is 0.408 e. The van der Waals surface area contributed by atoms with Crippen molar-refractivity contribution in [1.29, 1.82) is 0 Å². The molecule has 26 heteroatoms. The van der Waals surface area contributed by atoms with Crippen LogP contribution >= 0.6 is 0 Å². The Morgan fingerprint density at radius 1 is 0.687 bits per heavy atom. The Balaban J connectivity index is 1.54. The van der Waals surface area contributed by atoms with Crippen LogP contribution in [0.5, 0.6) is 17.2 Å². The molecule has 6 aromatic rings. The molecule has 446 valence electrons. The molecule has 0 spiro atoms. The molecule has 0 aliphatic carbocycles. The van der Waals surface area contributed by atoms with Gasteiger partial charge in [0.05, 0.1) is 68.6 Å². The zero-order valence-corrected chi connectivity index (χ0v) is 50.2. The maximum atomic E-state index is 17.1. The van der Waals surface area contributed by atoms with Crippen LogP contribution < -0.4 is 45.0 Å². The molecular formula is C57H73N11O13S2. The molecule has 5 aromatic carbocycles. The van der Waals surface area contributed by atoms with Crippen LogP contribution in [-0.4, -0.2) is 104 Å². The number of nitrogens with one attached hydrogen (secondary N) is 7. The predicted octanol–water partition coefficient (Wildman–Crippen LogP) is 8.74. The van der Waals surface area contributed by atoms with Crippen molar-refractivity contribution in [3.05, 3.63) is 125 Å². The van der Waals surface area contributed by atoms with E-state index in [2.05, 4.69) is 46.1 Å². The quantitative estimate of drug-likeness (QED) is 0.0247. The van der Waals surface area contributed by atoms with E-state index in [1.54, 1.807) is 141 Å². The third-order valence-electron chi connectivity index (χ3n) is 11.9. The van der Waals surface area contributed by atoms with Crippen LogP contribution in [0, 0.1) is 0 Å². The number of nitrogens with zero attached hydrogens (tertiary/aromatic N) is 4. The number of imidazole rings is 1. The van der Waals surface area contributed by atoms with Crippen molar-refractivity contribution in [3.8, 4) is 28.4 Å². The third-order valence-corrected chi connectivity index (χ3v) is 15.7. The first-order chi connectivity index (χ1) is 39.1. The summed E-state index contributed by atoms with van der Waals surface area (Å²) in [7, 11) is -5.48. The van der Waals surface area contributed by atoms with Gasteiger partial charge in [-0.1, -0.05) is 53.8 Å². The molecule has 7 N–H and O–H groups in total. The van der Waals surface area contributed by atoms with Gasteiger partial charge in [0.15, 0.2) is 5.84 Å². The van der Waals surface area contributed by atoms with Gasteiger partial charge >= 0.3 is 18.3 Å². The number of sulfonamides is 1. The van der Waals surface area contributed by atoms with Crippen LogP contribution in [0.2, 0.25) is 0 Å². The van der Waals surface area contributed by atoms with E-state index in [1.165, 1.54) is 33.5 Å². The molecule has 0 saturated carbocycles. The standard InChI is InChI=1S/C57H73N11O13S2/c1-55(2,3)79-52(69)58-31-38(32-59-53(70)80-56(4,5)6)67-82(72,73)46-27-25-41(42-14-13-15-43-49(42)65-47(63-43)33-60-54(71)81-57(7,8)9)48(51-64-44-28-37(29-61-68-66-51)20-26-45(44)77-12)50(46)83(74,62-30-35-16-21-39(75-10)22-17-35)78-34-36-18-23-40(76-11)24-19-36/h13-28,38,67,83H,29-34H2,1-12H3,(H,58,69)(H,59,70)(H,60,71)(H,62,74)(H,63,65)(H,61,64,66). The number of H-pyrrole nitrogens is 1. The van der Waals surface area contributed by atoms with Crippen molar-refractivity contribution in [2.45, 2.75) is 121 Å². The molecule has 0 saturated heterocycles. The number of carbonyl (C=O) groups is 3. The number of amides is 3. The Hall–Kier alpha value is -8.17. The molecule has 7 rings (SSSR count). The number of thiol groups is 1. The number of aromatic nitrogens is 2. The summed E-state index contributed by atoms with van der Waals surface area (Å²) in [4.78, 5) is 51.4. The number of alkyl carbamates (subject to hydrolysis) is 3. The van der Waals surface area contributed by atoms with E-state index in [0.29, 0.717) is 50.8 Å². The topological polar surface area (TPSA) is 305 Å². The van der Waals surface area contributed by atoms with Crippen molar-refractivity contribution >= 4 is 61.3 Å². The van der Waals surface area contributed by atoms with Crippen LogP contribution in [0.4, 0.5) is 20.1 Å². The average Bonchev–Trinajstić information content (AvgIpc) is 1.92. The second-order valence-electron chi connectivity index (χ2n) is 22.0. The molecular weight excluding hydrogens is 1110 g/mol. The lowest BCUT2D eigenvalue weighted by Gasteiger charge is -2.35. The second kappa shape index (κ2) is 26.4. The fourth-order valence-electron chi connectivity index (χ4n) is 8.27. The summed E-state index contributed by atoms with van der Waals surface area (Å²) < 4.78 is 94.4. The molecule has 1 aliphatic heterocycles. The molecule has 2 heterocycles. The number of fused-ring (bicyclic) bond motifs is 3. The number of methoxy groups -OCH3 is 3. The lowest BCUT2D eigenvalue weighted by molar-refractivity contribution is 0.0504. The molecule has 2 bridgehead atoms. The van der Waals surface area contributed by atoms with Crippen molar-refractivity contribution in [1.82, 2.24) is 40.8 Å². The molecule has 1 aliphatic rings. The van der Waals surface area contributed by atoms with Gasteiger partial charge < -0.3 is 49.4 Å². The summed E-state index contributed by atoms with van der Waals surface area (Å²) in [6.45, 7) is 13.9. The Morgan fingerprint density at radius 2 is 1.28 bits per heavy atom. The van der Waals surface area contributed by atoms with E-state index in [4.69, 9.17) is 42.6 Å². The number of amidine groups is 1. The van der Waals surface area contributed by atoms with Gasteiger partial charge in [-0.25, -0.2) is 42.2 Å². The van der Waals surface area contributed by atoms with E-state index < -0.39 is 84.4 Å². The van der Waals surface area contributed by atoms with Gasteiger partial charge in [-0.15, -0.1) is 15.5 Å². The largest absolute Gasteiger partial charge is 0.497 e. The zero-order valence-electron chi connectivity index (χ0n) is 48.5. The van der Waals surface area contributed by atoms with E-state index in [9.17, 15) is 14.4 Å². The summed E-state index contributed by atoms with van der Waals surface area (Å²) in [5.74, 6) is 1.46. The molecule has 0 radical (unpaired) electrons. The molecule has 0 unspecified atom stereocenters. The predicted molar refractivity (Wildman–Crippen MR) is 313 cm³/mol. The van der Waals surface area contributed by atoms with Crippen molar-refractivity contribution in [3.63, 3.8) is 0 Å². The van der Waals surface area contributed by atoms with E-state index in [-0.39, 0.29) is 48.9 Å². The highest BCUT2D eigenvalue weighted by Gasteiger charge is 2.36. The van der Waals surface area contributed by atoms with Crippen LogP contribution in [0.25, 0.3) is 22.2 Å². The van der Waals surface area contributed by atoms with Gasteiger partial charge in [0, 0.05) is 25.2 Å². The fraction of sp³-hybridized carbons (Fsp3) is 0.386. The highest BCUT2D eigenvalue weighted by molar-refractivity contribution is 7.98. The Kier molecular flexibility index (Phi) is 19.8. The number of carbonyl (C=O) groups excluding carboxylic acids is 3. The lowest BCUT2D eigenvalue weighted by atomic mass is 9.97. The maximum absolute atomic E-state index is 17.1. The number of rotatable bonds is 21. The van der Waals surface area contributed by atoms with Crippen molar-refractivity contribution in [2.24, 2.45) is 15.3 Å². The summed E-state index contributed by atoms with van der Waals surface area (Å²) in [5.41, 5.74) is 3.67. The van der Waals surface area contributed by atoms with Gasteiger partial charge in [0.2, 0.25) is 10.0 Å². The Morgan fingerprint density at radius 3 is 1.86 bits per heavy atom. The van der Waals surface area contributed by atoms with Gasteiger partial charge in [-0.3, -0.25) is 9.61 Å². The summed E-state index contributed by atoms with van der Waals surface area (Å²) >= 11 is 0. The summed E-state index contributed by atoms with van der Waals surface area (Å²) in [5, 5.41) is 16.9. The number of aliphatic imine (C=N–C) groups is 1. The van der Waals surface area contributed by atoms with Gasteiger partial charge in [-0.05, 0) is 133 Å². The molecule has 0 atom stereocenters. The fourth-order valence-corrected chi connectivity index (χ4v) is 12.3. The number of benzene rings is 5. The highest BCUT2D eigenvalue weighted by atomic mass is 32.3. The SMILES string of the molecule is COc1ccc(CN[SH](=O)(OCc2ccc(OC)cc2)c2c(S(=O)(=O)NC(CNC(=O)OC(C)(C)C)CNC(=O)OC(C)(C)C)ccc(-c3cccc4[nH]c(CNC(=O)OC(C)(C)C)nc34)c2C2=N/c3cc(ccc3OC)CN/N=N\2)cc1. The minimum atomic E-state index is -5.04. The number of hydrogen-bond donors (Lipinski definition) is 8. The Labute approximate surface area is 484 Å². The molecule has 83 heavy (non-hydrogen) atoms. The zero-order chi connectivity index (χ0) is 60.3. The normalized spacial score (nSPS) is 14.2. The van der Waals surface area contributed by atoms with Gasteiger partial charge in [0.25, 0.3) is 0 Å². The van der Waals surface area contributed by atoms with Gasteiger partial charge in [-0.2, -0.15) is 4.21 Å². The summed E-state index contributed by atoms with van der Waals surface area (Å²) in [6, 6.07) is 25.6. The lowest BCUT2D eigenvalue weighted by Crippen LogP contribution is -2.51. The first-order valence-corrected chi connectivity index (χ1v) is 29.5. The highest BCUT2D eigenvalue weighted by Crippen LogP contribution is 2.42. The van der Waals surface area contributed by atoms with Crippen LogP contribution in [0.1, 0.15) is 90.4 Å². The van der Waals surface area contributed by atoms with E-state index in [0.717, 1.165) is 5.56 Å². The second-order valence-corrected chi connectivity index (χ2v) is 25.8. The smallest absolute Gasteiger partial charge is 0.408 e.